The summed E-state index contributed by atoms with van der Waals surface area (Å²) in [6.07, 6.45) is 11.3. The number of pyridine rings is 1. The Balaban J connectivity index is 1.75. The minimum atomic E-state index is 0.118. The molecule has 0 saturated carbocycles. The molecular formula is C17H16N2OS. The Hall–Kier alpha value is -1.94. The summed E-state index contributed by atoms with van der Waals surface area (Å²) in [6, 6.07) is 4.01. The predicted molar refractivity (Wildman–Crippen MR) is 85.1 cm³/mol. The number of carbonyl (C=O) groups is 1. The number of rotatable bonds is 2. The second kappa shape index (κ2) is 5.11. The molecule has 0 unspecified atom stereocenters. The van der Waals surface area contributed by atoms with Crippen LogP contribution in [0.25, 0.3) is 10.9 Å². The Kier molecular flexibility index (Phi) is 3.11. The number of thiophene rings is 1. The van der Waals surface area contributed by atoms with Crippen molar-refractivity contribution in [3.8, 4) is 0 Å². The molecule has 4 rings (SSSR count). The van der Waals surface area contributed by atoms with Gasteiger partial charge in [-0.3, -0.25) is 9.78 Å². The van der Waals surface area contributed by atoms with Gasteiger partial charge in [0.2, 0.25) is 5.78 Å². The molecule has 0 aliphatic heterocycles. The molecule has 1 aliphatic carbocycles. The van der Waals surface area contributed by atoms with Crippen LogP contribution >= 0.6 is 11.3 Å². The van der Waals surface area contributed by atoms with Crippen molar-refractivity contribution in [3.63, 3.8) is 0 Å². The van der Waals surface area contributed by atoms with Gasteiger partial charge in [0.1, 0.15) is 0 Å². The molecule has 0 saturated heterocycles. The minimum absolute atomic E-state index is 0.118. The molecule has 21 heavy (non-hydrogen) atoms. The van der Waals surface area contributed by atoms with Crippen LogP contribution in [0.5, 0.6) is 0 Å². The fraction of sp³-hybridized carbons (Fsp3) is 0.294. The molecule has 3 nitrogen and oxygen atoms in total. The van der Waals surface area contributed by atoms with E-state index in [-0.39, 0.29) is 5.78 Å². The van der Waals surface area contributed by atoms with Crippen molar-refractivity contribution in [2.45, 2.75) is 32.1 Å². The monoisotopic (exact) mass is 296 g/mol. The fourth-order valence-corrected chi connectivity index (χ4v) is 4.27. The summed E-state index contributed by atoms with van der Waals surface area (Å²) >= 11 is 1.68. The number of hydrogen-bond donors (Lipinski definition) is 1. The average Bonchev–Trinajstić information content (AvgIpc) is 3.05. The Labute approximate surface area is 127 Å². The molecule has 0 amide bonds. The van der Waals surface area contributed by atoms with E-state index in [1.165, 1.54) is 29.7 Å². The standard InChI is InChI=1S/C17H16N2OS/c20-17(13-10-19-14-6-7-18-9-12(13)14)16-8-11-4-2-1-3-5-15(11)21-16/h6-10,19H,1-5H2. The van der Waals surface area contributed by atoms with E-state index >= 15 is 0 Å². The molecule has 0 radical (unpaired) electrons. The van der Waals surface area contributed by atoms with Gasteiger partial charge in [-0.1, -0.05) is 6.42 Å². The number of nitrogens with zero attached hydrogens (tertiary/aromatic N) is 1. The molecule has 4 heteroatoms. The molecule has 3 aromatic rings. The zero-order valence-electron chi connectivity index (χ0n) is 11.7. The van der Waals surface area contributed by atoms with E-state index in [9.17, 15) is 4.79 Å². The minimum Gasteiger partial charge on any atom is -0.360 e. The van der Waals surface area contributed by atoms with Crippen LogP contribution in [0.15, 0.2) is 30.7 Å². The average molecular weight is 296 g/mol. The van der Waals surface area contributed by atoms with Gasteiger partial charge in [0.15, 0.2) is 0 Å². The van der Waals surface area contributed by atoms with Crippen LogP contribution < -0.4 is 0 Å². The topological polar surface area (TPSA) is 45.8 Å². The molecule has 0 aromatic carbocycles. The van der Waals surface area contributed by atoms with Gasteiger partial charge in [-0.05, 0) is 43.4 Å². The molecular weight excluding hydrogens is 280 g/mol. The normalized spacial score (nSPS) is 14.9. The van der Waals surface area contributed by atoms with E-state index in [0.717, 1.165) is 34.2 Å². The van der Waals surface area contributed by atoms with Crippen molar-refractivity contribution in [2.75, 3.05) is 0 Å². The van der Waals surface area contributed by atoms with E-state index < -0.39 is 0 Å². The first-order chi connectivity index (χ1) is 10.3. The van der Waals surface area contributed by atoms with E-state index in [1.807, 2.05) is 6.07 Å². The Morgan fingerprint density at radius 3 is 3.10 bits per heavy atom. The summed E-state index contributed by atoms with van der Waals surface area (Å²) in [5.74, 6) is 0.118. The highest BCUT2D eigenvalue weighted by Crippen LogP contribution is 2.31. The summed E-state index contributed by atoms with van der Waals surface area (Å²) in [6.45, 7) is 0. The van der Waals surface area contributed by atoms with Gasteiger partial charge in [0.25, 0.3) is 0 Å². The van der Waals surface area contributed by atoms with Gasteiger partial charge in [-0.15, -0.1) is 11.3 Å². The molecule has 0 bridgehead atoms. The zero-order chi connectivity index (χ0) is 14.2. The van der Waals surface area contributed by atoms with E-state index in [2.05, 4.69) is 16.0 Å². The van der Waals surface area contributed by atoms with Crippen LogP contribution in [-0.4, -0.2) is 15.8 Å². The maximum atomic E-state index is 12.8. The second-order valence-corrected chi connectivity index (χ2v) is 6.71. The molecule has 3 aromatic heterocycles. The third-order valence-corrected chi connectivity index (χ3v) is 5.43. The van der Waals surface area contributed by atoms with Crippen molar-refractivity contribution >= 4 is 28.0 Å². The molecule has 1 N–H and O–H groups in total. The predicted octanol–water partition coefficient (Wildman–Crippen LogP) is 4.12. The lowest BCUT2D eigenvalue weighted by Gasteiger charge is -1.96. The number of aryl methyl sites for hydroxylation is 2. The van der Waals surface area contributed by atoms with Crippen LogP contribution in [0.1, 0.15) is 44.9 Å². The highest BCUT2D eigenvalue weighted by molar-refractivity contribution is 7.14. The first-order valence-electron chi connectivity index (χ1n) is 7.40. The van der Waals surface area contributed by atoms with Crippen molar-refractivity contribution in [2.24, 2.45) is 0 Å². The highest BCUT2D eigenvalue weighted by Gasteiger charge is 2.19. The summed E-state index contributed by atoms with van der Waals surface area (Å²) < 4.78 is 0. The Morgan fingerprint density at radius 1 is 1.24 bits per heavy atom. The number of carbonyl (C=O) groups excluding carboxylic acids is 1. The van der Waals surface area contributed by atoms with Crippen molar-refractivity contribution in [3.05, 3.63) is 51.6 Å². The smallest absolute Gasteiger partial charge is 0.205 e. The lowest BCUT2D eigenvalue weighted by molar-refractivity contribution is 0.104. The van der Waals surface area contributed by atoms with Crippen molar-refractivity contribution in [1.29, 1.82) is 0 Å². The maximum Gasteiger partial charge on any atom is 0.205 e. The number of H-pyrrole nitrogens is 1. The van der Waals surface area contributed by atoms with Crippen LogP contribution in [0.4, 0.5) is 0 Å². The SMILES string of the molecule is O=C(c1cc2c(s1)CCCCC2)c1c[nH]c2ccncc12. The number of hydrogen-bond acceptors (Lipinski definition) is 3. The van der Waals surface area contributed by atoms with Crippen LogP contribution in [0.3, 0.4) is 0 Å². The van der Waals surface area contributed by atoms with Crippen LogP contribution in [0, 0.1) is 0 Å². The van der Waals surface area contributed by atoms with Gasteiger partial charge in [-0.2, -0.15) is 0 Å². The lowest BCUT2D eigenvalue weighted by atomic mass is 10.1. The summed E-state index contributed by atoms with van der Waals surface area (Å²) in [7, 11) is 0. The molecule has 0 fully saturated rings. The Morgan fingerprint density at radius 2 is 2.14 bits per heavy atom. The first-order valence-corrected chi connectivity index (χ1v) is 8.22. The number of fused-ring (bicyclic) bond motifs is 2. The number of ketones is 1. The van der Waals surface area contributed by atoms with E-state index in [0.29, 0.717) is 0 Å². The second-order valence-electron chi connectivity index (χ2n) is 5.57. The van der Waals surface area contributed by atoms with E-state index in [4.69, 9.17) is 0 Å². The van der Waals surface area contributed by atoms with Crippen LogP contribution in [-0.2, 0) is 12.8 Å². The molecule has 1 aliphatic rings. The maximum absolute atomic E-state index is 12.8. The third-order valence-electron chi connectivity index (χ3n) is 4.20. The lowest BCUT2D eigenvalue weighted by Crippen LogP contribution is -1.97. The van der Waals surface area contributed by atoms with Crippen molar-refractivity contribution < 1.29 is 4.79 Å². The molecule has 3 heterocycles. The first kappa shape index (κ1) is 12.8. The highest BCUT2D eigenvalue weighted by atomic mass is 32.1. The summed E-state index contributed by atoms with van der Waals surface area (Å²) in [5, 5.41) is 0.908. The number of aromatic nitrogens is 2. The van der Waals surface area contributed by atoms with Crippen molar-refractivity contribution in [1.82, 2.24) is 9.97 Å². The number of aromatic amines is 1. The largest absolute Gasteiger partial charge is 0.360 e. The molecule has 0 spiro atoms. The van der Waals surface area contributed by atoms with E-state index in [1.54, 1.807) is 29.9 Å². The molecule has 106 valence electrons. The van der Waals surface area contributed by atoms with Gasteiger partial charge in [0.05, 0.1) is 10.4 Å². The zero-order valence-corrected chi connectivity index (χ0v) is 12.5. The molecule has 0 atom stereocenters. The number of nitrogens with one attached hydrogen (secondary N) is 1. The van der Waals surface area contributed by atoms with Gasteiger partial charge in [0, 0.05) is 34.4 Å². The van der Waals surface area contributed by atoms with Gasteiger partial charge < -0.3 is 4.98 Å². The third kappa shape index (κ3) is 2.20. The summed E-state index contributed by atoms with van der Waals surface area (Å²) in [4.78, 5) is 22.4. The quantitative estimate of drug-likeness (QED) is 0.571. The van der Waals surface area contributed by atoms with Gasteiger partial charge >= 0.3 is 0 Å². The summed E-state index contributed by atoms with van der Waals surface area (Å²) in [5.41, 5.74) is 3.08. The fourth-order valence-electron chi connectivity index (χ4n) is 3.06. The Bertz CT molecular complexity index is 792. The van der Waals surface area contributed by atoms with Gasteiger partial charge in [-0.25, -0.2) is 0 Å². The van der Waals surface area contributed by atoms with Crippen LogP contribution in [0.2, 0.25) is 0 Å².